The van der Waals surface area contributed by atoms with Crippen molar-refractivity contribution in [1.29, 1.82) is 0 Å². The number of rotatable bonds is 2. The summed E-state index contributed by atoms with van der Waals surface area (Å²) in [6.45, 7) is 5.22. The van der Waals surface area contributed by atoms with E-state index in [-0.39, 0.29) is 0 Å². The number of imide groups is 1. The Morgan fingerprint density at radius 3 is 2.00 bits per heavy atom. The lowest BCUT2D eigenvalue weighted by Gasteiger charge is -2.37. The minimum Gasteiger partial charge on any atom is -0.376 e. The van der Waals surface area contributed by atoms with E-state index in [1.54, 1.807) is 0 Å². The lowest BCUT2D eigenvalue weighted by atomic mass is 10.0. The highest BCUT2D eigenvalue weighted by Crippen LogP contribution is 2.32. The van der Waals surface area contributed by atoms with Crippen LogP contribution in [0.25, 0.3) is 0 Å². The molecule has 1 heterocycles. The lowest BCUT2D eigenvalue weighted by molar-refractivity contribution is -0.140. The van der Waals surface area contributed by atoms with Gasteiger partial charge < -0.3 is 10.2 Å². The van der Waals surface area contributed by atoms with Crippen LogP contribution in [0.1, 0.15) is 27.7 Å². The Labute approximate surface area is 88.1 Å². The van der Waals surface area contributed by atoms with E-state index >= 15 is 0 Å². The van der Waals surface area contributed by atoms with Gasteiger partial charge in [0.05, 0.1) is 0 Å². The number of aliphatic hydroxyl groups is 2. The average molecular weight is 216 g/mol. The predicted molar refractivity (Wildman–Crippen MR) is 51.5 cm³/mol. The van der Waals surface area contributed by atoms with Gasteiger partial charge in [0, 0.05) is 0 Å². The van der Waals surface area contributed by atoms with Crippen LogP contribution in [0.3, 0.4) is 0 Å². The number of urea groups is 1. The van der Waals surface area contributed by atoms with Crippen LogP contribution >= 0.6 is 0 Å². The molecule has 6 nitrogen and oxygen atoms in total. The van der Waals surface area contributed by atoms with Crippen molar-refractivity contribution in [2.75, 3.05) is 6.73 Å². The lowest BCUT2D eigenvalue weighted by Crippen LogP contribution is -2.55. The highest BCUT2D eigenvalue weighted by atomic mass is 16.3. The summed E-state index contributed by atoms with van der Waals surface area (Å²) in [5.74, 6) is -0.517. The van der Waals surface area contributed by atoms with Crippen LogP contribution in [-0.2, 0) is 4.79 Å². The van der Waals surface area contributed by atoms with Gasteiger partial charge in [0.15, 0.2) is 0 Å². The van der Waals surface area contributed by atoms with Gasteiger partial charge >= 0.3 is 6.03 Å². The average Bonchev–Trinajstić information content (AvgIpc) is 2.17. The molecule has 1 aliphatic heterocycles. The molecule has 15 heavy (non-hydrogen) atoms. The van der Waals surface area contributed by atoms with Crippen LogP contribution in [0, 0.1) is 0 Å². The molecule has 1 rings (SSSR count). The van der Waals surface area contributed by atoms with Gasteiger partial charge in [-0.3, -0.25) is 9.69 Å². The largest absolute Gasteiger partial charge is 0.376 e. The fourth-order valence-electron chi connectivity index (χ4n) is 1.92. The minimum atomic E-state index is -1.44. The molecule has 0 aromatic rings. The van der Waals surface area contributed by atoms with Gasteiger partial charge in [-0.05, 0) is 27.7 Å². The molecule has 0 radical (unpaired) electrons. The molecule has 0 aromatic heterocycles. The van der Waals surface area contributed by atoms with Crippen LogP contribution in [0.4, 0.5) is 4.79 Å². The monoisotopic (exact) mass is 216 g/mol. The summed E-state index contributed by atoms with van der Waals surface area (Å²) in [5, 5.41) is 18.7. The van der Waals surface area contributed by atoms with Crippen molar-refractivity contribution in [1.82, 2.24) is 9.80 Å². The molecule has 1 fully saturated rings. The molecule has 86 valence electrons. The maximum Gasteiger partial charge on any atom is 0.331 e. The third kappa shape index (κ3) is 1.59. The first-order chi connectivity index (χ1) is 6.64. The summed E-state index contributed by atoms with van der Waals surface area (Å²) >= 11 is 0. The van der Waals surface area contributed by atoms with Crippen LogP contribution in [0.5, 0.6) is 0 Å². The van der Waals surface area contributed by atoms with E-state index in [9.17, 15) is 14.7 Å². The van der Waals surface area contributed by atoms with Gasteiger partial charge in [0.25, 0.3) is 5.91 Å². The van der Waals surface area contributed by atoms with Crippen LogP contribution in [0.2, 0.25) is 0 Å². The molecule has 0 aromatic carbocycles. The van der Waals surface area contributed by atoms with E-state index in [1.807, 2.05) is 0 Å². The van der Waals surface area contributed by atoms with Gasteiger partial charge in [-0.15, -0.1) is 0 Å². The van der Waals surface area contributed by atoms with Gasteiger partial charge in [0.2, 0.25) is 0 Å². The molecule has 6 heteroatoms. The normalized spacial score (nSPS) is 21.5. The topological polar surface area (TPSA) is 81.1 Å². The van der Waals surface area contributed by atoms with Crippen LogP contribution < -0.4 is 0 Å². The van der Waals surface area contributed by atoms with Gasteiger partial charge in [-0.25, -0.2) is 9.69 Å². The van der Waals surface area contributed by atoms with Crippen molar-refractivity contribution >= 4 is 11.9 Å². The Kier molecular flexibility index (Phi) is 2.53. The standard InChI is InChI=1S/C9H16N2O4/c1-8(2)6(13)10(5-12)7(14)11(8)9(3,4)15/h12,15H,5H2,1-4H3. The zero-order chi connectivity index (χ0) is 12.0. The Morgan fingerprint density at radius 2 is 1.80 bits per heavy atom. The van der Waals surface area contributed by atoms with Crippen LogP contribution in [0.15, 0.2) is 0 Å². The quantitative estimate of drug-likeness (QED) is 0.621. The van der Waals surface area contributed by atoms with Crippen molar-refractivity contribution in [3.05, 3.63) is 0 Å². The van der Waals surface area contributed by atoms with Crippen molar-refractivity contribution in [2.45, 2.75) is 39.0 Å². The fourth-order valence-corrected chi connectivity index (χ4v) is 1.92. The molecular formula is C9H16N2O4. The summed E-state index contributed by atoms with van der Waals surface area (Å²) in [6.07, 6.45) is 0. The third-order valence-corrected chi connectivity index (χ3v) is 2.44. The second kappa shape index (κ2) is 3.18. The number of hydrogen-bond acceptors (Lipinski definition) is 4. The van der Waals surface area contributed by atoms with Gasteiger partial charge in [0.1, 0.15) is 18.0 Å². The summed E-state index contributed by atoms with van der Waals surface area (Å²) in [7, 11) is 0. The van der Waals surface area contributed by atoms with E-state index in [2.05, 4.69) is 0 Å². The molecule has 2 N–H and O–H groups in total. The first kappa shape index (κ1) is 11.9. The molecule has 0 saturated carbocycles. The molecular weight excluding hydrogens is 200 g/mol. The minimum absolute atomic E-state index is 0.517. The number of aliphatic hydroxyl groups excluding tert-OH is 1. The molecule has 0 aliphatic carbocycles. The first-order valence-corrected chi connectivity index (χ1v) is 4.63. The third-order valence-electron chi connectivity index (χ3n) is 2.44. The highest BCUT2D eigenvalue weighted by Gasteiger charge is 2.55. The molecule has 1 aliphatic rings. The van der Waals surface area contributed by atoms with E-state index in [0.717, 1.165) is 4.90 Å². The molecule has 1 saturated heterocycles. The van der Waals surface area contributed by atoms with Crippen molar-refractivity contribution in [3.63, 3.8) is 0 Å². The molecule has 3 amide bonds. The van der Waals surface area contributed by atoms with Crippen molar-refractivity contribution in [2.24, 2.45) is 0 Å². The number of nitrogens with zero attached hydrogens (tertiary/aromatic N) is 2. The van der Waals surface area contributed by atoms with Crippen molar-refractivity contribution in [3.8, 4) is 0 Å². The molecule has 0 unspecified atom stereocenters. The Bertz CT molecular complexity index is 306. The van der Waals surface area contributed by atoms with Gasteiger partial charge in [-0.2, -0.15) is 0 Å². The number of hydrogen-bond donors (Lipinski definition) is 2. The van der Waals surface area contributed by atoms with Crippen LogP contribution in [-0.4, -0.2) is 49.9 Å². The number of amides is 3. The second-order valence-electron chi connectivity index (χ2n) is 4.55. The number of carbonyl (C=O) groups excluding carboxylic acids is 2. The molecule has 0 atom stereocenters. The second-order valence-corrected chi connectivity index (χ2v) is 4.55. The molecule has 0 spiro atoms. The molecule has 0 bridgehead atoms. The summed E-state index contributed by atoms with van der Waals surface area (Å²) in [4.78, 5) is 25.2. The smallest absolute Gasteiger partial charge is 0.331 e. The zero-order valence-corrected chi connectivity index (χ0v) is 9.31. The highest BCUT2D eigenvalue weighted by molar-refractivity contribution is 6.06. The van der Waals surface area contributed by atoms with Gasteiger partial charge in [-0.1, -0.05) is 0 Å². The maximum absolute atomic E-state index is 11.7. The summed E-state index contributed by atoms with van der Waals surface area (Å²) < 4.78 is 0. The Balaban J connectivity index is 3.19. The van der Waals surface area contributed by atoms with Crippen molar-refractivity contribution < 1.29 is 19.8 Å². The summed E-state index contributed by atoms with van der Waals surface area (Å²) in [6, 6.07) is -0.681. The Hall–Kier alpha value is -1.14. The summed E-state index contributed by atoms with van der Waals surface area (Å²) in [5.41, 5.74) is -2.59. The van der Waals surface area contributed by atoms with E-state index in [1.165, 1.54) is 27.7 Å². The SMILES string of the molecule is CC(C)(O)N1C(=O)N(CO)C(=O)C1(C)C. The first-order valence-electron chi connectivity index (χ1n) is 4.63. The fraction of sp³-hybridized carbons (Fsp3) is 0.778. The Morgan fingerprint density at radius 1 is 1.33 bits per heavy atom. The predicted octanol–water partition coefficient (Wildman–Crippen LogP) is -0.293. The number of carbonyl (C=O) groups is 2. The zero-order valence-electron chi connectivity index (χ0n) is 9.31. The maximum atomic E-state index is 11.7. The van der Waals surface area contributed by atoms with E-state index in [4.69, 9.17) is 5.11 Å². The van der Waals surface area contributed by atoms with E-state index in [0.29, 0.717) is 4.90 Å². The van der Waals surface area contributed by atoms with E-state index < -0.39 is 29.9 Å².